The number of para-hydroxylation sites is 1. The Labute approximate surface area is 145 Å². The number of carbonyl (C=O) groups is 1. The molecule has 0 aromatic heterocycles. The second kappa shape index (κ2) is 7.94. The lowest BCUT2D eigenvalue weighted by Gasteiger charge is -2.27. The van der Waals surface area contributed by atoms with Crippen LogP contribution < -0.4 is 5.01 Å². The van der Waals surface area contributed by atoms with E-state index < -0.39 is 8.32 Å². The number of ether oxygens (including phenoxy) is 1. The number of hydrogen-bond acceptors (Lipinski definition) is 5. The summed E-state index contributed by atoms with van der Waals surface area (Å²) in [5, 5.41) is 6.57. The number of rotatable bonds is 7. The van der Waals surface area contributed by atoms with Gasteiger partial charge in [-0.15, -0.1) is 0 Å². The van der Waals surface area contributed by atoms with Crippen LogP contribution in [-0.4, -0.2) is 39.8 Å². The Morgan fingerprint density at radius 1 is 1.25 bits per heavy atom. The summed E-state index contributed by atoms with van der Waals surface area (Å²) in [5.41, 5.74) is 1.51. The number of anilines is 1. The van der Waals surface area contributed by atoms with Gasteiger partial charge in [-0.3, -0.25) is 5.01 Å². The summed E-state index contributed by atoms with van der Waals surface area (Å²) in [4.78, 5) is 12.2. The van der Waals surface area contributed by atoms with Gasteiger partial charge in [0.15, 0.2) is 14.0 Å². The third-order valence-corrected chi connectivity index (χ3v) is 5.21. The maximum Gasteiger partial charge on any atom is 0.354 e. The van der Waals surface area contributed by atoms with Crippen LogP contribution >= 0.6 is 0 Å². The number of nitrogens with zero attached hydrogens (tertiary/aromatic N) is 2. The van der Waals surface area contributed by atoms with Crippen LogP contribution in [0, 0.1) is 5.92 Å². The van der Waals surface area contributed by atoms with Crippen LogP contribution in [0.4, 0.5) is 5.69 Å². The first-order chi connectivity index (χ1) is 11.4. The SMILES string of the molecule is CC[C@@H]1[C@@H](CCO[Si](C)(C)C)C(C(=O)OC)=NN1c1ccccc1. The topological polar surface area (TPSA) is 51.1 Å². The number of hydrogen-bond donors (Lipinski definition) is 0. The van der Waals surface area contributed by atoms with Gasteiger partial charge in [0.2, 0.25) is 0 Å². The normalized spacial score (nSPS) is 20.9. The van der Waals surface area contributed by atoms with Crippen molar-refractivity contribution in [1.29, 1.82) is 0 Å². The molecule has 5 nitrogen and oxygen atoms in total. The predicted octanol–water partition coefficient (Wildman–Crippen LogP) is 3.67. The minimum Gasteiger partial charge on any atom is -0.464 e. The van der Waals surface area contributed by atoms with Crippen LogP contribution in [0.2, 0.25) is 19.6 Å². The Hall–Kier alpha value is -1.66. The van der Waals surface area contributed by atoms with Gasteiger partial charge in [-0.2, -0.15) is 5.10 Å². The molecule has 0 unspecified atom stereocenters. The lowest BCUT2D eigenvalue weighted by atomic mass is 9.90. The summed E-state index contributed by atoms with van der Waals surface area (Å²) >= 11 is 0. The fraction of sp³-hybridized carbons (Fsp3) is 0.556. The number of benzene rings is 1. The molecule has 1 aliphatic rings. The van der Waals surface area contributed by atoms with Gasteiger partial charge >= 0.3 is 5.97 Å². The van der Waals surface area contributed by atoms with Crippen LogP contribution in [-0.2, 0) is 14.0 Å². The molecule has 6 heteroatoms. The van der Waals surface area contributed by atoms with Crippen LogP contribution in [0.1, 0.15) is 19.8 Å². The van der Waals surface area contributed by atoms with Crippen molar-refractivity contribution in [1.82, 2.24) is 0 Å². The first kappa shape index (κ1) is 18.7. The van der Waals surface area contributed by atoms with E-state index in [9.17, 15) is 4.79 Å². The van der Waals surface area contributed by atoms with Crippen molar-refractivity contribution in [3.63, 3.8) is 0 Å². The molecule has 0 bridgehead atoms. The largest absolute Gasteiger partial charge is 0.464 e. The van der Waals surface area contributed by atoms with Gasteiger partial charge < -0.3 is 9.16 Å². The van der Waals surface area contributed by atoms with Crippen LogP contribution in [0.5, 0.6) is 0 Å². The molecule has 1 aliphatic heterocycles. The van der Waals surface area contributed by atoms with Gasteiger partial charge in [0.1, 0.15) is 0 Å². The van der Waals surface area contributed by atoms with E-state index in [0.29, 0.717) is 12.3 Å². The van der Waals surface area contributed by atoms with E-state index in [1.165, 1.54) is 7.11 Å². The molecule has 2 rings (SSSR count). The average molecular weight is 349 g/mol. The zero-order chi connectivity index (χ0) is 17.7. The van der Waals surface area contributed by atoms with Gasteiger partial charge in [0, 0.05) is 12.5 Å². The van der Waals surface area contributed by atoms with Crippen molar-refractivity contribution < 1.29 is 14.0 Å². The molecule has 0 amide bonds. The lowest BCUT2D eigenvalue weighted by Crippen LogP contribution is -2.36. The molecule has 0 fully saturated rings. The molecule has 0 N–H and O–H groups in total. The lowest BCUT2D eigenvalue weighted by molar-refractivity contribution is -0.133. The highest BCUT2D eigenvalue weighted by Crippen LogP contribution is 2.32. The van der Waals surface area contributed by atoms with E-state index in [1.807, 2.05) is 35.3 Å². The van der Waals surface area contributed by atoms with Crippen molar-refractivity contribution in [2.45, 2.75) is 45.4 Å². The Morgan fingerprint density at radius 3 is 2.46 bits per heavy atom. The molecular formula is C18H28N2O3Si. The Bertz CT molecular complexity index is 584. The van der Waals surface area contributed by atoms with Crippen molar-refractivity contribution in [2.24, 2.45) is 11.0 Å². The maximum atomic E-state index is 12.2. The average Bonchev–Trinajstić information content (AvgIpc) is 2.92. The highest BCUT2D eigenvalue weighted by Gasteiger charge is 2.40. The summed E-state index contributed by atoms with van der Waals surface area (Å²) in [6.45, 7) is 9.29. The second-order valence-electron chi connectivity index (χ2n) is 6.99. The molecule has 0 radical (unpaired) electrons. The second-order valence-corrected chi connectivity index (χ2v) is 11.5. The van der Waals surface area contributed by atoms with Crippen LogP contribution in [0.25, 0.3) is 0 Å². The van der Waals surface area contributed by atoms with Crippen molar-refractivity contribution >= 4 is 25.7 Å². The van der Waals surface area contributed by atoms with E-state index >= 15 is 0 Å². The summed E-state index contributed by atoms with van der Waals surface area (Å²) in [7, 11) is -0.160. The van der Waals surface area contributed by atoms with Crippen molar-refractivity contribution in [2.75, 3.05) is 18.7 Å². The highest BCUT2D eigenvalue weighted by molar-refractivity contribution is 6.69. The van der Waals surface area contributed by atoms with Crippen molar-refractivity contribution in [3.05, 3.63) is 30.3 Å². The molecule has 1 aromatic carbocycles. The van der Waals surface area contributed by atoms with Gasteiger partial charge in [-0.25, -0.2) is 4.79 Å². The first-order valence-corrected chi connectivity index (χ1v) is 11.9. The number of carbonyl (C=O) groups excluding carboxylic acids is 1. The van der Waals surface area contributed by atoms with E-state index in [4.69, 9.17) is 9.16 Å². The Morgan fingerprint density at radius 2 is 1.92 bits per heavy atom. The van der Waals surface area contributed by atoms with Crippen LogP contribution in [0.15, 0.2) is 35.4 Å². The molecule has 0 spiro atoms. The standard InChI is InChI=1S/C18H28N2O3Si/c1-6-16-15(12-13-23-24(3,4)5)17(18(21)22-2)19-20(16)14-10-8-7-9-11-14/h7-11,15-16H,6,12-13H2,1-5H3/t15-,16-/m1/s1. The van der Waals surface area contributed by atoms with Gasteiger partial charge in [0.25, 0.3) is 0 Å². The van der Waals surface area contributed by atoms with E-state index in [2.05, 4.69) is 31.7 Å². The molecule has 0 saturated carbocycles. The number of hydrazone groups is 1. The van der Waals surface area contributed by atoms with Crippen molar-refractivity contribution in [3.8, 4) is 0 Å². The summed E-state index contributed by atoms with van der Waals surface area (Å²) in [6, 6.07) is 10.1. The van der Waals surface area contributed by atoms with Crippen LogP contribution in [0.3, 0.4) is 0 Å². The maximum absolute atomic E-state index is 12.2. The quantitative estimate of drug-likeness (QED) is 0.557. The molecule has 0 aliphatic carbocycles. The zero-order valence-corrected chi connectivity index (χ0v) is 16.3. The third-order valence-electron chi connectivity index (χ3n) is 4.14. The Balaban J connectivity index is 2.23. The highest BCUT2D eigenvalue weighted by atomic mass is 28.4. The van der Waals surface area contributed by atoms with E-state index in [0.717, 1.165) is 18.5 Å². The minimum absolute atomic E-state index is 0.0269. The van der Waals surface area contributed by atoms with E-state index in [-0.39, 0.29) is 17.9 Å². The smallest absolute Gasteiger partial charge is 0.354 e. The van der Waals surface area contributed by atoms with Gasteiger partial charge in [-0.05, 0) is 44.6 Å². The fourth-order valence-corrected chi connectivity index (χ4v) is 3.75. The molecular weight excluding hydrogens is 320 g/mol. The Kier molecular flexibility index (Phi) is 6.18. The third kappa shape index (κ3) is 4.45. The summed E-state index contributed by atoms with van der Waals surface area (Å²) < 4.78 is 11.0. The predicted molar refractivity (Wildman–Crippen MR) is 99.9 cm³/mol. The molecule has 132 valence electrons. The fourth-order valence-electron chi connectivity index (χ4n) is 3.02. The molecule has 1 heterocycles. The molecule has 2 atom stereocenters. The zero-order valence-electron chi connectivity index (χ0n) is 15.3. The first-order valence-electron chi connectivity index (χ1n) is 8.52. The van der Waals surface area contributed by atoms with E-state index in [1.54, 1.807) is 0 Å². The van der Waals surface area contributed by atoms with Gasteiger partial charge in [0.05, 0.1) is 18.8 Å². The number of esters is 1. The number of methoxy groups -OCH3 is 1. The monoisotopic (exact) mass is 348 g/mol. The minimum atomic E-state index is -1.57. The molecule has 1 aromatic rings. The van der Waals surface area contributed by atoms with Gasteiger partial charge in [-0.1, -0.05) is 25.1 Å². The summed E-state index contributed by atoms with van der Waals surface area (Å²) in [6.07, 6.45) is 1.68. The summed E-state index contributed by atoms with van der Waals surface area (Å²) in [5.74, 6) is -0.316. The molecule has 24 heavy (non-hydrogen) atoms. The molecule has 0 saturated heterocycles.